The normalized spacial score (nSPS) is 20.2. The molecule has 2 aromatic rings. The van der Waals surface area contributed by atoms with Crippen molar-refractivity contribution in [2.24, 2.45) is 5.92 Å². The summed E-state index contributed by atoms with van der Waals surface area (Å²) in [4.78, 5) is 32.2. The van der Waals surface area contributed by atoms with E-state index in [9.17, 15) is 14.7 Å². The number of rotatable bonds is 5. The summed E-state index contributed by atoms with van der Waals surface area (Å²) in [7, 11) is 0. The van der Waals surface area contributed by atoms with Gasteiger partial charge in [0.25, 0.3) is 0 Å². The maximum absolute atomic E-state index is 13.1. The Kier molecular flexibility index (Phi) is 6.65. The third-order valence-electron chi connectivity index (χ3n) is 6.59. The van der Waals surface area contributed by atoms with E-state index in [4.69, 9.17) is 0 Å². The minimum absolute atomic E-state index is 0.0374. The summed E-state index contributed by atoms with van der Waals surface area (Å²) >= 11 is 0. The summed E-state index contributed by atoms with van der Waals surface area (Å²) in [5.74, 6) is 0.136. The Balaban J connectivity index is 1.27. The van der Waals surface area contributed by atoms with Crippen LogP contribution in [0, 0.1) is 12.8 Å². The summed E-state index contributed by atoms with van der Waals surface area (Å²) in [6.45, 7) is 8.48. The van der Waals surface area contributed by atoms with Crippen molar-refractivity contribution in [3.8, 4) is 5.75 Å². The van der Waals surface area contributed by atoms with Gasteiger partial charge >= 0.3 is 0 Å². The molecule has 0 radical (unpaired) electrons. The maximum atomic E-state index is 13.1. The molecule has 1 unspecified atom stereocenters. The lowest BCUT2D eigenvalue weighted by molar-refractivity contribution is -0.136. The molecule has 0 aromatic heterocycles. The molecule has 2 N–H and O–H groups in total. The minimum atomic E-state index is -0.230. The molecule has 0 saturated carbocycles. The molecule has 2 atom stereocenters. The lowest BCUT2D eigenvalue weighted by Gasteiger charge is -2.38. The van der Waals surface area contributed by atoms with Crippen molar-refractivity contribution in [3.63, 3.8) is 0 Å². The van der Waals surface area contributed by atoms with Crippen molar-refractivity contribution in [2.75, 3.05) is 49.5 Å². The van der Waals surface area contributed by atoms with Gasteiger partial charge in [0, 0.05) is 44.1 Å². The fraction of sp³-hybridized carbons (Fsp3) is 0.440. The van der Waals surface area contributed by atoms with Crippen LogP contribution in [-0.4, -0.2) is 72.0 Å². The lowest BCUT2D eigenvalue weighted by Crippen LogP contribution is -2.54. The highest BCUT2D eigenvalue weighted by Gasteiger charge is 2.35. The molecule has 2 aromatic carbocycles. The third-order valence-corrected chi connectivity index (χ3v) is 6.59. The first-order chi connectivity index (χ1) is 15.4. The average molecular weight is 437 g/mol. The first-order valence-corrected chi connectivity index (χ1v) is 11.3. The molecule has 7 nitrogen and oxygen atoms in total. The lowest BCUT2D eigenvalue weighted by atomic mass is 10.1. The monoisotopic (exact) mass is 436 g/mol. The smallest absolute Gasteiger partial charge is 0.239 e. The molecule has 2 heterocycles. The number of hydrogen-bond acceptors (Lipinski definition) is 5. The predicted molar refractivity (Wildman–Crippen MR) is 126 cm³/mol. The van der Waals surface area contributed by atoms with Gasteiger partial charge in [0.15, 0.2) is 0 Å². The Hall–Kier alpha value is -3.06. The highest BCUT2D eigenvalue weighted by molar-refractivity contribution is 5.93. The largest absolute Gasteiger partial charge is 0.508 e. The molecule has 2 aliphatic heterocycles. The average Bonchev–Trinajstić information content (AvgIpc) is 3.30. The second-order valence-electron chi connectivity index (χ2n) is 8.84. The van der Waals surface area contributed by atoms with Crippen molar-refractivity contribution in [2.45, 2.75) is 26.3 Å². The number of aryl methyl sites for hydroxylation is 1. The van der Waals surface area contributed by atoms with Crippen LogP contribution in [0.1, 0.15) is 18.9 Å². The zero-order chi connectivity index (χ0) is 22.7. The molecular formula is C25H32N4O3. The van der Waals surface area contributed by atoms with Crippen LogP contribution in [0.3, 0.4) is 0 Å². The number of piperazine rings is 1. The van der Waals surface area contributed by atoms with Gasteiger partial charge in [-0.3, -0.25) is 14.5 Å². The van der Waals surface area contributed by atoms with Crippen LogP contribution in [0.2, 0.25) is 0 Å². The summed E-state index contributed by atoms with van der Waals surface area (Å²) in [6, 6.07) is 14.7. The number of carbonyl (C=O) groups excluding carboxylic acids is 2. The van der Waals surface area contributed by atoms with Gasteiger partial charge in [-0.2, -0.15) is 0 Å². The molecule has 2 saturated heterocycles. The number of hydrogen-bond donors (Lipinski definition) is 2. The number of nitrogens with one attached hydrogen (secondary N) is 1. The Bertz CT molecular complexity index is 954. The molecule has 170 valence electrons. The SMILES string of the molecule is Cc1cccc(N2CCN(C(=O)C(C)N3CC[C@@H](C(=O)Nc4ccc(O)cc4)C3)CC2)c1. The number of nitrogens with zero attached hydrogens (tertiary/aromatic N) is 3. The van der Waals surface area contributed by atoms with Crippen molar-refractivity contribution in [1.82, 2.24) is 9.80 Å². The Labute approximate surface area is 189 Å². The fourth-order valence-electron chi connectivity index (χ4n) is 4.57. The number of anilines is 2. The van der Waals surface area contributed by atoms with Gasteiger partial charge in [-0.15, -0.1) is 0 Å². The molecular weight excluding hydrogens is 404 g/mol. The topological polar surface area (TPSA) is 76.1 Å². The Morgan fingerprint density at radius 1 is 1.03 bits per heavy atom. The molecule has 7 heteroatoms. The van der Waals surface area contributed by atoms with Gasteiger partial charge < -0.3 is 20.2 Å². The molecule has 0 aliphatic carbocycles. The van der Waals surface area contributed by atoms with Crippen molar-refractivity contribution in [1.29, 1.82) is 0 Å². The summed E-state index contributed by atoms with van der Waals surface area (Å²) < 4.78 is 0. The summed E-state index contributed by atoms with van der Waals surface area (Å²) in [5, 5.41) is 12.3. The van der Waals surface area contributed by atoms with Gasteiger partial charge in [0.05, 0.1) is 12.0 Å². The number of carbonyl (C=O) groups is 2. The van der Waals surface area contributed by atoms with Crippen LogP contribution in [0.25, 0.3) is 0 Å². The number of likely N-dealkylation sites (tertiary alicyclic amines) is 1. The number of benzene rings is 2. The van der Waals surface area contributed by atoms with Crippen LogP contribution < -0.4 is 10.2 Å². The zero-order valence-electron chi connectivity index (χ0n) is 18.8. The van der Waals surface area contributed by atoms with Crippen LogP contribution in [-0.2, 0) is 9.59 Å². The highest BCUT2D eigenvalue weighted by atomic mass is 16.3. The standard InChI is InChI=1S/C25H32N4O3/c1-18-4-3-5-22(16-18)27-12-14-28(15-13-27)25(32)19(2)29-11-10-20(17-29)24(31)26-21-6-8-23(30)9-7-21/h3-9,16,19-20,30H,10-15,17H2,1-2H3,(H,26,31)/t19?,20-/m1/s1. The third kappa shape index (κ3) is 5.05. The molecule has 0 bridgehead atoms. The van der Waals surface area contributed by atoms with Crippen molar-refractivity contribution < 1.29 is 14.7 Å². The van der Waals surface area contributed by atoms with E-state index >= 15 is 0 Å². The Morgan fingerprint density at radius 2 is 1.75 bits per heavy atom. The summed E-state index contributed by atoms with van der Waals surface area (Å²) in [5.41, 5.74) is 3.13. The number of aromatic hydroxyl groups is 1. The molecule has 2 aliphatic rings. The van der Waals surface area contributed by atoms with Crippen LogP contribution >= 0.6 is 0 Å². The second kappa shape index (κ2) is 9.61. The quantitative estimate of drug-likeness (QED) is 0.705. The molecule has 2 amide bonds. The van der Waals surface area contributed by atoms with Gasteiger partial charge in [0.1, 0.15) is 5.75 Å². The van der Waals surface area contributed by atoms with E-state index in [0.29, 0.717) is 12.2 Å². The number of phenolic OH excluding ortho intramolecular Hbond substituents is 1. The van der Waals surface area contributed by atoms with Crippen molar-refractivity contribution >= 4 is 23.2 Å². The van der Waals surface area contributed by atoms with E-state index in [0.717, 1.165) is 39.1 Å². The van der Waals surface area contributed by atoms with Gasteiger partial charge in [-0.1, -0.05) is 12.1 Å². The van der Waals surface area contributed by atoms with Crippen LogP contribution in [0.5, 0.6) is 5.75 Å². The first-order valence-electron chi connectivity index (χ1n) is 11.3. The summed E-state index contributed by atoms with van der Waals surface area (Å²) in [6.07, 6.45) is 0.739. The molecule has 32 heavy (non-hydrogen) atoms. The van der Waals surface area contributed by atoms with Gasteiger partial charge in [-0.05, 0) is 68.8 Å². The van der Waals surface area contributed by atoms with E-state index in [1.54, 1.807) is 24.3 Å². The number of phenols is 1. The van der Waals surface area contributed by atoms with E-state index in [-0.39, 0.29) is 29.5 Å². The van der Waals surface area contributed by atoms with E-state index in [1.807, 2.05) is 11.8 Å². The predicted octanol–water partition coefficient (Wildman–Crippen LogP) is 2.70. The Morgan fingerprint density at radius 3 is 2.44 bits per heavy atom. The zero-order valence-corrected chi connectivity index (χ0v) is 18.8. The fourth-order valence-corrected chi connectivity index (χ4v) is 4.57. The van der Waals surface area contributed by atoms with E-state index in [1.165, 1.54) is 11.3 Å². The van der Waals surface area contributed by atoms with Crippen molar-refractivity contribution in [3.05, 3.63) is 54.1 Å². The van der Waals surface area contributed by atoms with Crippen LogP contribution in [0.15, 0.2) is 48.5 Å². The first kappa shape index (κ1) is 22.1. The highest BCUT2D eigenvalue weighted by Crippen LogP contribution is 2.23. The molecule has 2 fully saturated rings. The minimum Gasteiger partial charge on any atom is -0.508 e. The van der Waals surface area contributed by atoms with Gasteiger partial charge in [0.2, 0.25) is 11.8 Å². The molecule has 4 rings (SSSR count). The van der Waals surface area contributed by atoms with E-state index < -0.39 is 0 Å². The van der Waals surface area contributed by atoms with Gasteiger partial charge in [-0.25, -0.2) is 0 Å². The van der Waals surface area contributed by atoms with Crippen LogP contribution in [0.4, 0.5) is 11.4 Å². The second-order valence-corrected chi connectivity index (χ2v) is 8.84. The maximum Gasteiger partial charge on any atom is 0.239 e. The van der Waals surface area contributed by atoms with E-state index in [2.05, 4.69) is 46.3 Å². The number of amides is 2. The molecule has 0 spiro atoms.